The van der Waals surface area contributed by atoms with Crippen molar-refractivity contribution in [3.63, 3.8) is 0 Å². The van der Waals surface area contributed by atoms with Crippen LogP contribution in [-0.2, 0) is 28.6 Å². The van der Waals surface area contributed by atoms with Crippen LogP contribution in [0.1, 0.15) is 361 Å². The van der Waals surface area contributed by atoms with Crippen LogP contribution >= 0.6 is 0 Å². The number of unbranched alkanes of at least 4 members (excludes halogenated alkanes) is 42. The largest absolute Gasteiger partial charge is 0.462 e. The number of hydrogen-bond donors (Lipinski definition) is 0. The van der Waals surface area contributed by atoms with Crippen LogP contribution in [0.3, 0.4) is 0 Å². The molecule has 0 saturated heterocycles. The molecule has 0 heterocycles. The fourth-order valence-electron chi connectivity index (χ4n) is 10.1. The molecule has 78 heavy (non-hydrogen) atoms. The zero-order valence-corrected chi connectivity index (χ0v) is 52.2. The van der Waals surface area contributed by atoms with Gasteiger partial charge in [-0.2, -0.15) is 0 Å². The number of esters is 3. The molecule has 0 saturated carbocycles. The fraction of sp³-hybridized carbons (Fsp3) is 0.819. The van der Waals surface area contributed by atoms with Gasteiger partial charge in [0.2, 0.25) is 0 Å². The topological polar surface area (TPSA) is 78.9 Å². The molecule has 0 aliphatic carbocycles. The lowest BCUT2D eigenvalue weighted by atomic mass is 10.0. The average molecular weight is 1090 g/mol. The van der Waals surface area contributed by atoms with E-state index in [0.29, 0.717) is 19.3 Å². The van der Waals surface area contributed by atoms with E-state index in [2.05, 4.69) is 81.5 Å². The summed E-state index contributed by atoms with van der Waals surface area (Å²) in [6.45, 7) is 6.60. The van der Waals surface area contributed by atoms with Gasteiger partial charge in [-0.05, 0) is 83.5 Å². The van der Waals surface area contributed by atoms with Crippen LogP contribution in [0.2, 0.25) is 0 Å². The van der Waals surface area contributed by atoms with E-state index in [1.165, 1.54) is 225 Å². The number of carbonyl (C=O) groups excluding carboxylic acids is 3. The van der Waals surface area contributed by atoms with E-state index in [1.807, 2.05) is 0 Å². The van der Waals surface area contributed by atoms with Crippen molar-refractivity contribution in [2.45, 2.75) is 367 Å². The summed E-state index contributed by atoms with van der Waals surface area (Å²) in [5, 5.41) is 0. The van der Waals surface area contributed by atoms with Gasteiger partial charge >= 0.3 is 17.9 Å². The van der Waals surface area contributed by atoms with Crippen LogP contribution < -0.4 is 0 Å². The summed E-state index contributed by atoms with van der Waals surface area (Å²) >= 11 is 0. The highest BCUT2D eigenvalue weighted by atomic mass is 16.6. The van der Waals surface area contributed by atoms with Gasteiger partial charge in [0, 0.05) is 19.3 Å². The Hall–Kier alpha value is -2.89. The summed E-state index contributed by atoms with van der Waals surface area (Å²) in [5.41, 5.74) is 0. The number of rotatable bonds is 63. The molecule has 0 aromatic carbocycles. The summed E-state index contributed by atoms with van der Waals surface area (Å²) in [7, 11) is 0. The Balaban J connectivity index is 4.10. The first-order valence-corrected chi connectivity index (χ1v) is 34.3. The number of allylic oxidation sites excluding steroid dienone is 10. The van der Waals surface area contributed by atoms with Crippen molar-refractivity contribution in [1.82, 2.24) is 0 Å². The summed E-state index contributed by atoms with van der Waals surface area (Å²) in [5.74, 6) is -0.868. The molecular weight excluding hydrogens is 961 g/mol. The molecule has 0 N–H and O–H groups in total. The standard InChI is InChI=1S/C72H130O6/c1-4-7-10-13-16-19-22-25-27-28-29-30-31-32-33-34-35-36-37-38-39-40-41-42-43-44-45-48-50-53-56-59-62-65-71(74)77-68-69(67-76-70(73)64-61-58-55-52-49-46-24-21-18-15-12-9-6-3)78-72(75)66-63-60-57-54-51-47-26-23-20-17-14-11-8-5-2/h12,15,21-22,24-25,28-29,31-32,69H,4-11,13-14,16-20,23,26-27,30,33-68H2,1-3H3/b15-12-,24-21-,25-22-,29-28-,32-31-. The van der Waals surface area contributed by atoms with E-state index in [1.54, 1.807) is 0 Å². The van der Waals surface area contributed by atoms with Crippen molar-refractivity contribution >= 4 is 17.9 Å². The average Bonchev–Trinajstić information content (AvgIpc) is 3.44. The molecule has 0 fully saturated rings. The van der Waals surface area contributed by atoms with Crippen LogP contribution in [0.25, 0.3) is 0 Å². The second-order valence-electron chi connectivity index (χ2n) is 23.1. The van der Waals surface area contributed by atoms with Crippen molar-refractivity contribution in [2.75, 3.05) is 13.2 Å². The van der Waals surface area contributed by atoms with Gasteiger partial charge < -0.3 is 14.2 Å². The predicted molar refractivity (Wildman–Crippen MR) is 339 cm³/mol. The first-order valence-electron chi connectivity index (χ1n) is 34.3. The van der Waals surface area contributed by atoms with E-state index in [9.17, 15) is 14.4 Å². The minimum absolute atomic E-state index is 0.0738. The summed E-state index contributed by atoms with van der Waals surface area (Å²) < 4.78 is 16.9. The molecule has 0 amide bonds. The van der Waals surface area contributed by atoms with E-state index in [-0.39, 0.29) is 31.1 Å². The molecule has 1 unspecified atom stereocenters. The monoisotopic (exact) mass is 1090 g/mol. The van der Waals surface area contributed by atoms with Crippen LogP contribution in [0.15, 0.2) is 60.8 Å². The van der Waals surface area contributed by atoms with Gasteiger partial charge in [0.15, 0.2) is 6.10 Å². The van der Waals surface area contributed by atoms with Crippen LogP contribution in [-0.4, -0.2) is 37.2 Å². The Labute approximate surface area is 485 Å². The number of ether oxygens (including phenoxy) is 3. The predicted octanol–water partition coefficient (Wildman–Crippen LogP) is 23.5. The molecule has 0 bridgehead atoms. The van der Waals surface area contributed by atoms with E-state index in [4.69, 9.17) is 14.2 Å². The summed E-state index contributed by atoms with van der Waals surface area (Å²) in [6, 6.07) is 0. The maximum Gasteiger partial charge on any atom is 0.306 e. The third-order valence-electron chi connectivity index (χ3n) is 15.2. The van der Waals surface area contributed by atoms with Gasteiger partial charge in [0.25, 0.3) is 0 Å². The van der Waals surface area contributed by atoms with Crippen LogP contribution in [0.4, 0.5) is 0 Å². The maximum absolute atomic E-state index is 12.9. The SMILES string of the molecule is CCC/C=C\C/C=C\CCCCCCCC(=O)OCC(COC(=O)CCCCCCCCCCCCCCCCCCCC/C=C\C/C=C\C/C=C\CCCCCCC)OC(=O)CCCCCCCCCCCCCCCC. The Kier molecular flexibility index (Phi) is 64.2. The van der Waals surface area contributed by atoms with Crippen LogP contribution in [0.5, 0.6) is 0 Å². The van der Waals surface area contributed by atoms with Gasteiger partial charge in [-0.1, -0.05) is 319 Å². The van der Waals surface area contributed by atoms with Crippen molar-refractivity contribution in [3.8, 4) is 0 Å². The van der Waals surface area contributed by atoms with Gasteiger partial charge in [-0.15, -0.1) is 0 Å². The Morgan fingerprint density at radius 1 is 0.256 bits per heavy atom. The maximum atomic E-state index is 12.9. The van der Waals surface area contributed by atoms with Gasteiger partial charge in [0.05, 0.1) is 0 Å². The summed E-state index contributed by atoms with van der Waals surface area (Å²) in [6.07, 6.45) is 85.4. The molecular formula is C72H130O6. The minimum Gasteiger partial charge on any atom is -0.462 e. The molecule has 6 nitrogen and oxygen atoms in total. The quantitative estimate of drug-likeness (QED) is 0.0261. The third-order valence-corrected chi connectivity index (χ3v) is 15.2. The smallest absolute Gasteiger partial charge is 0.306 e. The molecule has 0 aliphatic heterocycles. The number of hydrogen-bond acceptors (Lipinski definition) is 6. The lowest BCUT2D eigenvalue weighted by molar-refractivity contribution is -0.167. The molecule has 0 rings (SSSR count). The number of carbonyl (C=O) groups is 3. The van der Waals surface area contributed by atoms with Crippen molar-refractivity contribution < 1.29 is 28.6 Å². The van der Waals surface area contributed by atoms with Crippen molar-refractivity contribution in [1.29, 1.82) is 0 Å². The molecule has 6 heteroatoms. The third kappa shape index (κ3) is 63.9. The zero-order chi connectivity index (χ0) is 56.4. The fourth-order valence-corrected chi connectivity index (χ4v) is 10.1. The molecule has 0 aliphatic rings. The molecule has 0 aromatic rings. The highest BCUT2D eigenvalue weighted by molar-refractivity contribution is 5.71. The molecule has 0 aromatic heterocycles. The van der Waals surface area contributed by atoms with Crippen molar-refractivity contribution in [3.05, 3.63) is 60.8 Å². The Bertz CT molecular complexity index is 1390. The van der Waals surface area contributed by atoms with E-state index in [0.717, 1.165) is 96.3 Å². The summed E-state index contributed by atoms with van der Waals surface area (Å²) in [4.78, 5) is 38.3. The van der Waals surface area contributed by atoms with E-state index < -0.39 is 6.10 Å². The highest BCUT2D eigenvalue weighted by Crippen LogP contribution is 2.18. The van der Waals surface area contributed by atoms with Gasteiger partial charge in [0.1, 0.15) is 13.2 Å². The van der Waals surface area contributed by atoms with Crippen molar-refractivity contribution in [2.24, 2.45) is 0 Å². The molecule has 1 atom stereocenters. The van der Waals surface area contributed by atoms with Gasteiger partial charge in [-0.25, -0.2) is 0 Å². The normalized spacial score (nSPS) is 12.4. The highest BCUT2D eigenvalue weighted by Gasteiger charge is 2.19. The first kappa shape index (κ1) is 75.1. The molecule has 0 spiro atoms. The Morgan fingerprint density at radius 3 is 0.769 bits per heavy atom. The molecule has 454 valence electrons. The van der Waals surface area contributed by atoms with E-state index >= 15 is 0 Å². The second kappa shape index (κ2) is 66.6. The first-order chi connectivity index (χ1) is 38.5. The van der Waals surface area contributed by atoms with Crippen LogP contribution in [0, 0.1) is 0 Å². The Morgan fingerprint density at radius 2 is 0.487 bits per heavy atom. The lowest BCUT2D eigenvalue weighted by Crippen LogP contribution is -2.30. The van der Waals surface area contributed by atoms with Gasteiger partial charge in [-0.3, -0.25) is 14.4 Å². The second-order valence-corrected chi connectivity index (χ2v) is 23.1. The molecule has 0 radical (unpaired) electrons. The minimum atomic E-state index is -0.777. The zero-order valence-electron chi connectivity index (χ0n) is 52.2. The lowest BCUT2D eigenvalue weighted by Gasteiger charge is -2.18.